The molecule has 0 atom stereocenters. The van der Waals surface area contributed by atoms with Gasteiger partial charge in [-0.25, -0.2) is 9.78 Å². The smallest absolute Gasteiger partial charge is 0.344 e. The number of carbonyl (C=O) groups is 1. The highest BCUT2D eigenvalue weighted by molar-refractivity contribution is 9.10. The second-order valence-electron chi connectivity index (χ2n) is 9.38. The van der Waals surface area contributed by atoms with Gasteiger partial charge in [0.05, 0.1) is 42.3 Å². The number of rotatable bonds is 10. The minimum Gasteiger partial charge on any atom is -0.496 e. The summed E-state index contributed by atoms with van der Waals surface area (Å²) in [6, 6.07) is 17.6. The molecule has 5 aromatic rings. The lowest BCUT2D eigenvalue weighted by Crippen LogP contribution is -2.20. The lowest BCUT2D eigenvalue weighted by atomic mass is 10.2. The Morgan fingerprint density at radius 1 is 1.05 bits per heavy atom. The highest BCUT2D eigenvalue weighted by atomic mass is 79.9. The molecule has 216 valence electrons. The molecule has 0 spiro atoms. The van der Waals surface area contributed by atoms with Gasteiger partial charge in [0, 0.05) is 10.0 Å². The molecule has 0 aliphatic rings. The number of esters is 1. The van der Waals surface area contributed by atoms with Crippen LogP contribution in [-0.2, 0) is 9.53 Å². The lowest BCUT2D eigenvalue weighted by Gasteiger charge is -2.14. The third-order valence-corrected chi connectivity index (χ3v) is 6.79. The fraction of sp³-hybridized carbons (Fsp3) is 0.226. The van der Waals surface area contributed by atoms with Crippen molar-refractivity contribution in [3.05, 3.63) is 81.1 Å². The van der Waals surface area contributed by atoms with Crippen molar-refractivity contribution in [2.24, 2.45) is 5.10 Å². The van der Waals surface area contributed by atoms with Gasteiger partial charge in [0.2, 0.25) is 5.82 Å². The van der Waals surface area contributed by atoms with Crippen LogP contribution in [0.3, 0.4) is 0 Å². The van der Waals surface area contributed by atoms with Crippen LogP contribution in [0.2, 0.25) is 0 Å². The van der Waals surface area contributed by atoms with Crippen LogP contribution in [0.4, 0.5) is 0 Å². The number of methoxy groups -OCH3 is 1. The van der Waals surface area contributed by atoms with Crippen molar-refractivity contribution < 1.29 is 28.2 Å². The minimum atomic E-state index is -0.492. The van der Waals surface area contributed by atoms with E-state index in [-0.39, 0.29) is 24.1 Å². The van der Waals surface area contributed by atoms with E-state index >= 15 is 0 Å². The van der Waals surface area contributed by atoms with E-state index in [1.165, 1.54) is 10.9 Å². The molecular weight excluding hydrogens is 606 g/mol. The number of nitrogens with zero attached hydrogens (tertiary/aromatic N) is 3. The molecule has 0 radical (unpaired) electrons. The summed E-state index contributed by atoms with van der Waals surface area (Å²) >= 11 is 3.54. The fourth-order valence-corrected chi connectivity index (χ4v) is 4.72. The minimum absolute atomic E-state index is 0.220. The predicted octanol–water partition coefficient (Wildman–Crippen LogP) is 6.19. The molecule has 0 unspecified atom stereocenters. The van der Waals surface area contributed by atoms with Gasteiger partial charge in [-0.1, -0.05) is 18.2 Å². The van der Waals surface area contributed by atoms with Gasteiger partial charge in [0.15, 0.2) is 23.9 Å². The molecule has 42 heavy (non-hydrogen) atoms. The summed E-state index contributed by atoms with van der Waals surface area (Å²) in [7, 11) is 1.58. The number of hydrogen-bond donors (Lipinski definition) is 0. The van der Waals surface area contributed by atoms with E-state index in [1.54, 1.807) is 57.4 Å². The van der Waals surface area contributed by atoms with E-state index in [2.05, 4.69) is 21.0 Å². The highest BCUT2D eigenvalue weighted by Crippen LogP contribution is 2.35. The Bertz CT molecular complexity index is 1860. The zero-order chi connectivity index (χ0) is 29.8. The van der Waals surface area contributed by atoms with Gasteiger partial charge in [0.25, 0.3) is 5.56 Å². The Morgan fingerprint density at radius 3 is 2.60 bits per heavy atom. The van der Waals surface area contributed by atoms with Crippen LogP contribution in [-0.4, -0.2) is 48.3 Å². The second-order valence-corrected chi connectivity index (χ2v) is 10.2. The first-order valence-electron chi connectivity index (χ1n) is 13.2. The number of benzene rings is 3. The fourth-order valence-electron chi connectivity index (χ4n) is 4.30. The molecule has 11 heteroatoms. The Kier molecular flexibility index (Phi) is 8.58. The third-order valence-electron chi connectivity index (χ3n) is 6.10. The molecule has 0 N–H and O–H groups in total. The molecule has 0 amide bonds. The van der Waals surface area contributed by atoms with E-state index in [9.17, 15) is 9.59 Å². The van der Waals surface area contributed by atoms with E-state index in [1.807, 2.05) is 31.2 Å². The monoisotopic (exact) mass is 633 g/mol. The van der Waals surface area contributed by atoms with Crippen LogP contribution < -0.4 is 19.8 Å². The van der Waals surface area contributed by atoms with Gasteiger partial charge in [0.1, 0.15) is 11.3 Å². The number of carbonyl (C=O) groups excluding carboxylic acids is 1. The van der Waals surface area contributed by atoms with Crippen molar-refractivity contribution in [3.63, 3.8) is 0 Å². The van der Waals surface area contributed by atoms with Crippen LogP contribution in [0.5, 0.6) is 17.2 Å². The van der Waals surface area contributed by atoms with Crippen molar-refractivity contribution in [2.45, 2.75) is 26.9 Å². The zero-order valence-corrected chi connectivity index (χ0v) is 25.0. The summed E-state index contributed by atoms with van der Waals surface area (Å²) in [4.78, 5) is 30.4. The zero-order valence-electron chi connectivity index (χ0n) is 23.4. The molecule has 0 aliphatic carbocycles. The summed E-state index contributed by atoms with van der Waals surface area (Å²) in [6.07, 6.45) is 1.26. The van der Waals surface area contributed by atoms with Gasteiger partial charge in [-0.05, 0) is 79.2 Å². The highest BCUT2D eigenvalue weighted by Gasteiger charge is 2.19. The Balaban J connectivity index is 1.58. The van der Waals surface area contributed by atoms with Gasteiger partial charge >= 0.3 is 5.97 Å². The number of para-hydroxylation sites is 1. The third kappa shape index (κ3) is 6.01. The summed E-state index contributed by atoms with van der Waals surface area (Å²) in [5, 5.41) is 5.68. The van der Waals surface area contributed by atoms with E-state index < -0.39 is 5.97 Å². The average Bonchev–Trinajstić information content (AvgIpc) is 3.41. The Labute approximate surface area is 249 Å². The van der Waals surface area contributed by atoms with E-state index in [0.717, 1.165) is 5.39 Å². The summed E-state index contributed by atoms with van der Waals surface area (Å²) in [5.74, 6) is 1.45. The Hall–Kier alpha value is -4.64. The molecule has 2 aromatic heterocycles. The molecular formula is C31H28BrN3O7. The van der Waals surface area contributed by atoms with Crippen molar-refractivity contribution in [2.75, 3.05) is 20.3 Å². The maximum Gasteiger partial charge on any atom is 0.344 e. The topological polar surface area (TPSA) is 114 Å². The standard InChI is InChI=1S/C31H28BrN3O7/c1-5-39-26-13-19(22(32)15-27(26)40-17-29(36)41-18(2)3)16-33-35-30(34-23-10-7-6-9-20(23)31(35)37)28-14-21-24(38-4)11-8-12-25(21)42-28/h6-16,18H,5,17H2,1-4H3. The number of hydrogen-bond acceptors (Lipinski definition) is 9. The molecule has 2 heterocycles. The Morgan fingerprint density at radius 2 is 1.83 bits per heavy atom. The van der Waals surface area contributed by atoms with Crippen LogP contribution in [0.1, 0.15) is 26.3 Å². The van der Waals surface area contributed by atoms with Crippen molar-refractivity contribution in [1.82, 2.24) is 9.66 Å². The summed E-state index contributed by atoms with van der Waals surface area (Å²) in [5.41, 5.74) is 1.31. The molecule has 10 nitrogen and oxygen atoms in total. The SMILES string of the molecule is CCOc1cc(C=Nn2c(-c3cc4c(OC)cccc4o3)nc3ccccc3c2=O)c(Br)cc1OCC(=O)OC(C)C. The first-order chi connectivity index (χ1) is 20.3. The van der Waals surface area contributed by atoms with Crippen LogP contribution in [0.15, 0.2) is 79.4 Å². The van der Waals surface area contributed by atoms with Crippen LogP contribution >= 0.6 is 15.9 Å². The molecule has 5 rings (SSSR count). The molecule has 0 saturated heterocycles. The van der Waals surface area contributed by atoms with E-state index in [4.69, 9.17) is 28.3 Å². The maximum absolute atomic E-state index is 13.7. The van der Waals surface area contributed by atoms with Gasteiger partial charge < -0.3 is 23.4 Å². The van der Waals surface area contributed by atoms with Crippen molar-refractivity contribution >= 4 is 50.0 Å². The molecule has 3 aromatic carbocycles. The first-order valence-corrected chi connectivity index (χ1v) is 14.0. The van der Waals surface area contributed by atoms with Gasteiger partial charge in [-0.3, -0.25) is 4.79 Å². The molecule has 0 aliphatic heterocycles. The quantitative estimate of drug-likeness (QED) is 0.132. The number of furan rings is 1. The predicted molar refractivity (Wildman–Crippen MR) is 163 cm³/mol. The van der Waals surface area contributed by atoms with Gasteiger partial charge in [-0.15, -0.1) is 0 Å². The van der Waals surface area contributed by atoms with Crippen LogP contribution in [0, 0.1) is 0 Å². The molecule has 0 fully saturated rings. The number of aromatic nitrogens is 2. The lowest BCUT2D eigenvalue weighted by molar-refractivity contribution is -0.149. The van der Waals surface area contributed by atoms with Crippen LogP contribution in [0.25, 0.3) is 33.5 Å². The maximum atomic E-state index is 13.7. The number of ether oxygens (including phenoxy) is 4. The summed E-state index contributed by atoms with van der Waals surface area (Å²) in [6.45, 7) is 5.45. The van der Waals surface area contributed by atoms with E-state index in [0.29, 0.717) is 56.1 Å². The molecule has 0 bridgehead atoms. The average molecular weight is 634 g/mol. The van der Waals surface area contributed by atoms with Gasteiger partial charge in [-0.2, -0.15) is 9.78 Å². The first kappa shape index (κ1) is 28.9. The number of fused-ring (bicyclic) bond motifs is 2. The summed E-state index contributed by atoms with van der Waals surface area (Å²) < 4.78 is 30.0. The second kappa shape index (κ2) is 12.5. The normalized spacial score (nSPS) is 11.5. The van der Waals surface area contributed by atoms with Crippen molar-refractivity contribution in [3.8, 4) is 28.8 Å². The largest absolute Gasteiger partial charge is 0.496 e. The van der Waals surface area contributed by atoms with Crippen molar-refractivity contribution in [1.29, 1.82) is 0 Å². The number of halogens is 1. The molecule has 0 saturated carbocycles.